The van der Waals surface area contributed by atoms with Gasteiger partial charge in [-0.15, -0.1) is 0 Å². The van der Waals surface area contributed by atoms with Crippen molar-refractivity contribution in [3.63, 3.8) is 0 Å². The van der Waals surface area contributed by atoms with Crippen molar-refractivity contribution < 1.29 is 9.59 Å². The molecule has 0 spiro atoms. The highest BCUT2D eigenvalue weighted by Crippen LogP contribution is 2.37. The second-order valence-electron chi connectivity index (χ2n) is 4.23. The SMILES string of the molecule is O=C(CC(=O)Sc1c(Cl)cccc1Cl)Sc1c(Cl)cccc1Cl. The molecule has 2 aromatic rings. The van der Waals surface area contributed by atoms with Crippen LogP contribution in [0.2, 0.25) is 20.1 Å². The average Bonchev–Trinajstić information content (AvgIpc) is 2.47. The van der Waals surface area contributed by atoms with Crippen LogP contribution >= 0.6 is 69.9 Å². The molecule has 0 aliphatic heterocycles. The number of carbonyl (C=O) groups excluding carboxylic acids is 2. The Labute approximate surface area is 161 Å². The van der Waals surface area contributed by atoms with Crippen LogP contribution in [0, 0.1) is 0 Å². The van der Waals surface area contributed by atoms with Gasteiger partial charge >= 0.3 is 0 Å². The summed E-state index contributed by atoms with van der Waals surface area (Å²) in [6.45, 7) is 0. The lowest BCUT2D eigenvalue weighted by Gasteiger charge is -2.06. The van der Waals surface area contributed by atoms with Crippen LogP contribution in [-0.2, 0) is 9.59 Å². The normalized spacial score (nSPS) is 10.6. The first-order valence-electron chi connectivity index (χ1n) is 6.18. The Morgan fingerprint density at radius 2 is 1.00 bits per heavy atom. The van der Waals surface area contributed by atoms with Gasteiger partial charge in [-0.25, -0.2) is 0 Å². The van der Waals surface area contributed by atoms with E-state index in [2.05, 4.69) is 0 Å². The highest BCUT2D eigenvalue weighted by molar-refractivity contribution is 8.16. The molecule has 120 valence electrons. The van der Waals surface area contributed by atoms with E-state index in [-0.39, 0.29) is 16.7 Å². The van der Waals surface area contributed by atoms with Crippen LogP contribution in [-0.4, -0.2) is 10.2 Å². The lowest BCUT2D eigenvalue weighted by molar-refractivity contribution is -0.117. The summed E-state index contributed by atoms with van der Waals surface area (Å²) in [7, 11) is 0. The molecule has 0 aliphatic rings. The van der Waals surface area contributed by atoms with Crippen LogP contribution in [0.15, 0.2) is 46.2 Å². The van der Waals surface area contributed by atoms with Crippen molar-refractivity contribution in [1.82, 2.24) is 0 Å². The second kappa shape index (κ2) is 8.65. The van der Waals surface area contributed by atoms with Gasteiger partial charge in [-0.1, -0.05) is 58.5 Å². The topological polar surface area (TPSA) is 34.1 Å². The number of carbonyl (C=O) groups is 2. The number of hydrogen-bond acceptors (Lipinski definition) is 4. The van der Waals surface area contributed by atoms with Gasteiger partial charge in [0.1, 0.15) is 0 Å². The van der Waals surface area contributed by atoms with Crippen LogP contribution in [0.3, 0.4) is 0 Å². The molecule has 8 heteroatoms. The summed E-state index contributed by atoms with van der Waals surface area (Å²) < 4.78 is 0. The van der Waals surface area contributed by atoms with Crippen molar-refractivity contribution >= 4 is 80.2 Å². The van der Waals surface area contributed by atoms with Gasteiger partial charge in [0.15, 0.2) is 0 Å². The van der Waals surface area contributed by atoms with E-state index in [1.807, 2.05) is 0 Å². The molecule has 0 N–H and O–H groups in total. The summed E-state index contributed by atoms with van der Waals surface area (Å²) in [4.78, 5) is 24.9. The lowest BCUT2D eigenvalue weighted by Crippen LogP contribution is -2.01. The highest BCUT2D eigenvalue weighted by atomic mass is 35.5. The molecule has 0 atom stereocenters. The van der Waals surface area contributed by atoms with Gasteiger partial charge in [0.25, 0.3) is 0 Å². The van der Waals surface area contributed by atoms with E-state index in [9.17, 15) is 9.59 Å². The van der Waals surface area contributed by atoms with Crippen molar-refractivity contribution in [3.8, 4) is 0 Å². The Balaban J connectivity index is 2.02. The first-order valence-corrected chi connectivity index (χ1v) is 9.32. The van der Waals surface area contributed by atoms with E-state index < -0.39 is 0 Å². The van der Waals surface area contributed by atoms with E-state index in [4.69, 9.17) is 46.4 Å². The molecule has 0 amide bonds. The summed E-state index contributed by atoms with van der Waals surface area (Å²) in [5.74, 6) is 0. The van der Waals surface area contributed by atoms with Gasteiger partial charge in [-0.3, -0.25) is 9.59 Å². The van der Waals surface area contributed by atoms with Gasteiger partial charge in [-0.2, -0.15) is 0 Å². The maximum absolute atomic E-state index is 12.0. The van der Waals surface area contributed by atoms with Gasteiger partial charge in [0.2, 0.25) is 10.2 Å². The molecule has 0 unspecified atom stereocenters. The molecule has 2 rings (SSSR count). The molecular formula is C15H8Cl4O2S2. The molecule has 0 saturated heterocycles. The minimum absolute atomic E-state index is 0.293. The smallest absolute Gasteiger partial charge is 0.202 e. The summed E-state index contributed by atoms with van der Waals surface area (Å²) in [6.07, 6.45) is -0.293. The van der Waals surface area contributed by atoms with E-state index in [0.29, 0.717) is 29.9 Å². The number of thioether (sulfide) groups is 2. The number of rotatable bonds is 4. The Morgan fingerprint density at radius 1 is 0.696 bits per heavy atom. The van der Waals surface area contributed by atoms with Crippen LogP contribution in [0.25, 0.3) is 0 Å². The third-order valence-electron chi connectivity index (χ3n) is 2.56. The largest absolute Gasteiger partial charge is 0.286 e. The molecule has 0 fully saturated rings. The Morgan fingerprint density at radius 3 is 1.30 bits per heavy atom. The molecule has 23 heavy (non-hydrogen) atoms. The first kappa shape index (κ1) is 19.0. The molecular weight excluding hydrogens is 418 g/mol. The van der Waals surface area contributed by atoms with Gasteiger partial charge in [-0.05, 0) is 47.8 Å². The molecule has 0 bridgehead atoms. The first-order chi connectivity index (χ1) is 10.9. The Hall–Kier alpha value is -0.360. The van der Waals surface area contributed by atoms with Crippen molar-refractivity contribution in [1.29, 1.82) is 0 Å². The minimum Gasteiger partial charge on any atom is -0.286 e. The van der Waals surface area contributed by atoms with E-state index in [0.717, 1.165) is 23.5 Å². The second-order valence-corrected chi connectivity index (χ2v) is 7.99. The molecule has 0 radical (unpaired) electrons. The zero-order valence-electron chi connectivity index (χ0n) is 11.3. The highest BCUT2D eigenvalue weighted by Gasteiger charge is 2.18. The average molecular weight is 426 g/mol. The maximum Gasteiger partial charge on any atom is 0.202 e. The third-order valence-corrected chi connectivity index (χ3v) is 6.30. The van der Waals surface area contributed by atoms with Crippen LogP contribution in [0.5, 0.6) is 0 Å². The predicted molar refractivity (Wildman–Crippen MR) is 99.3 cm³/mol. The Kier molecular flexibility index (Phi) is 7.14. The minimum atomic E-state index is -0.360. The third kappa shape index (κ3) is 5.31. The summed E-state index contributed by atoms with van der Waals surface area (Å²) in [5, 5.41) is 0.742. The zero-order chi connectivity index (χ0) is 17.0. The van der Waals surface area contributed by atoms with E-state index in [1.54, 1.807) is 36.4 Å². The number of halogens is 4. The van der Waals surface area contributed by atoms with Crippen molar-refractivity contribution in [2.45, 2.75) is 16.2 Å². The summed E-state index contributed by atoms with van der Waals surface area (Å²) in [5.41, 5.74) is 0. The summed E-state index contributed by atoms with van der Waals surface area (Å²) in [6, 6.07) is 9.87. The van der Waals surface area contributed by atoms with Crippen molar-refractivity contribution in [3.05, 3.63) is 56.5 Å². The maximum atomic E-state index is 12.0. The van der Waals surface area contributed by atoms with Gasteiger partial charge in [0, 0.05) is 0 Å². The summed E-state index contributed by atoms with van der Waals surface area (Å²) >= 11 is 25.7. The van der Waals surface area contributed by atoms with Crippen molar-refractivity contribution in [2.75, 3.05) is 0 Å². The molecule has 2 aromatic carbocycles. The van der Waals surface area contributed by atoms with Gasteiger partial charge in [0.05, 0.1) is 36.3 Å². The monoisotopic (exact) mass is 424 g/mol. The number of benzene rings is 2. The van der Waals surface area contributed by atoms with Crippen molar-refractivity contribution in [2.24, 2.45) is 0 Å². The molecule has 0 aromatic heterocycles. The fourth-order valence-electron chi connectivity index (χ4n) is 1.58. The molecule has 0 aliphatic carbocycles. The fourth-order valence-corrected chi connectivity index (χ4v) is 4.45. The van der Waals surface area contributed by atoms with Crippen LogP contribution < -0.4 is 0 Å². The molecule has 2 nitrogen and oxygen atoms in total. The van der Waals surface area contributed by atoms with Crippen LogP contribution in [0.4, 0.5) is 0 Å². The standard InChI is InChI=1S/C15H8Cl4O2S2/c16-8-3-1-4-9(17)14(8)22-12(20)7-13(21)23-15-10(18)5-2-6-11(15)19/h1-6H,7H2. The fraction of sp³-hybridized carbons (Fsp3) is 0.0667. The number of hydrogen-bond donors (Lipinski definition) is 0. The van der Waals surface area contributed by atoms with E-state index in [1.165, 1.54) is 0 Å². The zero-order valence-corrected chi connectivity index (χ0v) is 16.0. The Bertz CT molecular complexity index is 661. The van der Waals surface area contributed by atoms with E-state index >= 15 is 0 Å². The molecule has 0 saturated carbocycles. The molecule has 0 heterocycles. The van der Waals surface area contributed by atoms with Gasteiger partial charge < -0.3 is 0 Å². The predicted octanol–water partition coefficient (Wildman–Crippen LogP) is 6.63. The lowest BCUT2D eigenvalue weighted by atomic mass is 10.4. The van der Waals surface area contributed by atoms with Crippen LogP contribution in [0.1, 0.15) is 6.42 Å². The quantitative estimate of drug-likeness (QED) is 0.406.